The van der Waals surface area contributed by atoms with Crippen LogP contribution in [0, 0.1) is 23.2 Å². The molecule has 4 heteroatoms. The first-order valence-corrected chi connectivity index (χ1v) is 4.46. The van der Waals surface area contributed by atoms with E-state index in [1.54, 1.807) is 12.1 Å². The molecule has 0 atom stereocenters. The second-order valence-corrected chi connectivity index (χ2v) is 2.85. The lowest BCUT2D eigenvalue weighted by molar-refractivity contribution is 0.0696. The smallest absolute Gasteiger partial charge is 0.337 e. The highest BCUT2D eigenvalue weighted by atomic mass is 16.5. The molecule has 0 aliphatic carbocycles. The average molecular weight is 215 g/mol. The first kappa shape index (κ1) is 11.6. The van der Waals surface area contributed by atoms with Gasteiger partial charge >= 0.3 is 5.97 Å². The quantitative estimate of drug-likeness (QED) is 0.761. The topological polar surface area (TPSA) is 70.3 Å². The third-order valence-electron chi connectivity index (χ3n) is 1.85. The van der Waals surface area contributed by atoms with Crippen LogP contribution in [-0.2, 0) is 0 Å². The monoisotopic (exact) mass is 215 g/mol. The fourth-order valence-corrected chi connectivity index (χ4v) is 1.12. The molecular formula is C12H9NO3. The van der Waals surface area contributed by atoms with Crippen LogP contribution in [0.3, 0.4) is 0 Å². The minimum atomic E-state index is -1.07. The van der Waals surface area contributed by atoms with Crippen LogP contribution in [0.25, 0.3) is 0 Å². The molecule has 0 aliphatic heterocycles. The zero-order valence-corrected chi connectivity index (χ0v) is 8.65. The van der Waals surface area contributed by atoms with Crippen LogP contribution >= 0.6 is 0 Å². The molecule has 0 heterocycles. The molecule has 0 saturated carbocycles. The minimum absolute atomic E-state index is 0.0739. The van der Waals surface area contributed by atoms with Gasteiger partial charge in [0.1, 0.15) is 5.75 Å². The number of benzene rings is 1. The Kier molecular flexibility index (Phi) is 3.94. The zero-order chi connectivity index (χ0) is 12.0. The fourth-order valence-electron chi connectivity index (χ4n) is 1.12. The SMILES string of the molecule is COc1ccc(C#CCC#N)c(C(=O)O)c1. The normalized spacial score (nSPS) is 8.50. The van der Waals surface area contributed by atoms with E-state index in [1.807, 2.05) is 6.07 Å². The van der Waals surface area contributed by atoms with Crippen LogP contribution < -0.4 is 4.74 Å². The third-order valence-corrected chi connectivity index (χ3v) is 1.85. The van der Waals surface area contributed by atoms with E-state index in [2.05, 4.69) is 11.8 Å². The van der Waals surface area contributed by atoms with Crippen molar-refractivity contribution in [3.63, 3.8) is 0 Å². The predicted octanol–water partition coefficient (Wildman–Crippen LogP) is 1.66. The largest absolute Gasteiger partial charge is 0.497 e. The third kappa shape index (κ3) is 2.76. The summed E-state index contributed by atoms with van der Waals surface area (Å²) in [5.74, 6) is 4.60. The maximum absolute atomic E-state index is 10.9. The zero-order valence-electron chi connectivity index (χ0n) is 8.65. The molecule has 0 unspecified atom stereocenters. The van der Waals surface area contributed by atoms with Gasteiger partial charge in [0.15, 0.2) is 0 Å². The highest BCUT2D eigenvalue weighted by Crippen LogP contribution is 2.17. The number of aromatic carboxylic acids is 1. The van der Waals surface area contributed by atoms with Crippen molar-refractivity contribution >= 4 is 5.97 Å². The van der Waals surface area contributed by atoms with Crippen molar-refractivity contribution in [1.29, 1.82) is 5.26 Å². The van der Waals surface area contributed by atoms with Crippen molar-refractivity contribution < 1.29 is 14.6 Å². The molecule has 0 aromatic heterocycles. The molecule has 1 aromatic rings. The summed E-state index contributed by atoms with van der Waals surface area (Å²) < 4.78 is 4.92. The molecule has 0 amide bonds. The Morgan fingerprint density at radius 2 is 2.31 bits per heavy atom. The molecule has 0 radical (unpaired) electrons. The number of methoxy groups -OCH3 is 1. The first-order chi connectivity index (χ1) is 7.69. The molecule has 0 spiro atoms. The van der Waals surface area contributed by atoms with E-state index < -0.39 is 5.97 Å². The Hall–Kier alpha value is -2.46. The standard InChI is InChI=1S/C12H9NO3/c1-16-10-6-5-9(4-2-3-7-13)11(8-10)12(14)15/h5-6,8H,3H2,1H3,(H,14,15). The summed E-state index contributed by atoms with van der Waals surface area (Å²) in [6.07, 6.45) is 0.0745. The molecule has 0 fully saturated rings. The maximum atomic E-state index is 10.9. The summed E-state index contributed by atoms with van der Waals surface area (Å²) in [6.45, 7) is 0. The van der Waals surface area contributed by atoms with E-state index >= 15 is 0 Å². The summed E-state index contributed by atoms with van der Waals surface area (Å²) in [5.41, 5.74) is 0.452. The van der Waals surface area contributed by atoms with Gasteiger partial charge < -0.3 is 9.84 Å². The second-order valence-electron chi connectivity index (χ2n) is 2.85. The second kappa shape index (κ2) is 5.43. The lowest BCUT2D eigenvalue weighted by atomic mass is 10.1. The Morgan fingerprint density at radius 1 is 1.56 bits per heavy atom. The lowest BCUT2D eigenvalue weighted by Gasteiger charge is -2.03. The van der Waals surface area contributed by atoms with Gasteiger partial charge in [-0.05, 0) is 18.2 Å². The van der Waals surface area contributed by atoms with Crippen LogP contribution in [-0.4, -0.2) is 18.2 Å². The van der Waals surface area contributed by atoms with Crippen LogP contribution in [0.1, 0.15) is 22.3 Å². The number of carboxylic acid groups (broad SMARTS) is 1. The van der Waals surface area contributed by atoms with Gasteiger partial charge in [0, 0.05) is 5.56 Å². The summed E-state index contributed by atoms with van der Waals surface area (Å²) in [6, 6.07) is 6.45. The number of nitrogens with zero attached hydrogens (tertiary/aromatic N) is 1. The summed E-state index contributed by atoms with van der Waals surface area (Å²) in [5, 5.41) is 17.3. The van der Waals surface area contributed by atoms with Crippen LogP contribution in [0.2, 0.25) is 0 Å². The van der Waals surface area contributed by atoms with Gasteiger partial charge in [-0.15, -0.1) is 0 Å². The van der Waals surface area contributed by atoms with Gasteiger partial charge in [-0.25, -0.2) is 4.79 Å². The Balaban J connectivity index is 3.15. The molecule has 0 aliphatic rings. The highest BCUT2D eigenvalue weighted by Gasteiger charge is 2.09. The van der Waals surface area contributed by atoms with Gasteiger partial charge in [0.05, 0.1) is 25.2 Å². The van der Waals surface area contributed by atoms with Crippen molar-refractivity contribution in [3.8, 4) is 23.7 Å². The summed E-state index contributed by atoms with van der Waals surface area (Å²) in [4.78, 5) is 10.9. The molecule has 0 saturated heterocycles. The average Bonchev–Trinajstić information content (AvgIpc) is 2.29. The fraction of sp³-hybridized carbons (Fsp3) is 0.167. The van der Waals surface area contributed by atoms with Crippen molar-refractivity contribution in [2.24, 2.45) is 0 Å². The number of hydrogen-bond donors (Lipinski definition) is 1. The molecule has 16 heavy (non-hydrogen) atoms. The van der Waals surface area contributed by atoms with E-state index in [4.69, 9.17) is 15.1 Å². The van der Waals surface area contributed by atoms with Crippen molar-refractivity contribution in [3.05, 3.63) is 29.3 Å². The number of hydrogen-bond acceptors (Lipinski definition) is 3. The molecule has 1 rings (SSSR count). The van der Waals surface area contributed by atoms with E-state index in [0.29, 0.717) is 11.3 Å². The summed E-state index contributed by atoms with van der Waals surface area (Å²) in [7, 11) is 1.46. The van der Waals surface area contributed by atoms with E-state index in [0.717, 1.165) is 0 Å². The van der Waals surface area contributed by atoms with Crippen molar-refractivity contribution in [2.75, 3.05) is 7.11 Å². The molecule has 1 N–H and O–H groups in total. The maximum Gasteiger partial charge on any atom is 0.337 e. The van der Waals surface area contributed by atoms with Crippen LogP contribution in [0.4, 0.5) is 0 Å². The van der Waals surface area contributed by atoms with Crippen LogP contribution in [0.15, 0.2) is 18.2 Å². The minimum Gasteiger partial charge on any atom is -0.497 e. The van der Waals surface area contributed by atoms with E-state index in [1.165, 1.54) is 13.2 Å². The van der Waals surface area contributed by atoms with E-state index in [9.17, 15) is 4.79 Å². The molecule has 80 valence electrons. The Bertz CT molecular complexity index is 503. The van der Waals surface area contributed by atoms with Gasteiger partial charge in [-0.1, -0.05) is 11.8 Å². The number of carbonyl (C=O) groups is 1. The molecule has 0 bridgehead atoms. The highest BCUT2D eigenvalue weighted by molar-refractivity contribution is 5.91. The van der Waals surface area contributed by atoms with E-state index in [-0.39, 0.29) is 12.0 Å². The van der Waals surface area contributed by atoms with Gasteiger partial charge in [-0.3, -0.25) is 0 Å². The number of rotatable bonds is 2. The van der Waals surface area contributed by atoms with Crippen molar-refractivity contribution in [2.45, 2.75) is 6.42 Å². The van der Waals surface area contributed by atoms with Gasteiger partial charge in [0.25, 0.3) is 0 Å². The van der Waals surface area contributed by atoms with Gasteiger partial charge in [-0.2, -0.15) is 5.26 Å². The first-order valence-electron chi connectivity index (χ1n) is 4.46. The number of ether oxygens (including phenoxy) is 1. The van der Waals surface area contributed by atoms with Crippen LogP contribution in [0.5, 0.6) is 5.75 Å². The number of carboxylic acids is 1. The Labute approximate surface area is 93.1 Å². The Morgan fingerprint density at radius 3 is 2.88 bits per heavy atom. The summed E-state index contributed by atoms with van der Waals surface area (Å²) >= 11 is 0. The predicted molar refractivity (Wildman–Crippen MR) is 57.1 cm³/mol. The number of nitriles is 1. The molecule has 4 nitrogen and oxygen atoms in total. The molecular weight excluding hydrogens is 206 g/mol. The van der Waals surface area contributed by atoms with Gasteiger partial charge in [0.2, 0.25) is 0 Å². The van der Waals surface area contributed by atoms with Crippen molar-refractivity contribution in [1.82, 2.24) is 0 Å². The lowest BCUT2D eigenvalue weighted by Crippen LogP contribution is -2.00. The molecule has 1 aromatic carbocycles.